The highest BCUT2D eigenvalue weighted by Crippen LogP contribution is 2.29. The van der Waals surface area contributed by atoms with Crippen molar-refractivity contribution in [2.45, 2.75) is 25.9 Å². The van der Waals surface area contributed by atoms with Crippen LogP contribution in [0.4, 0.5) is 15.6 Å². The second-order valence-corrected chi connectivity index (χ2v) is 10.0. The maximum atomic E-state index is 12.3. The molecule has 0 unspecified atom stereocenters. The average Bonchev–Trinajstić information content (AvgIpc) is 3.66. The number of aryl methyl sites for hydroxylation is 1. The maximum absolute atomic E-state index is 12.3. The van der Waals surface area contributed by atoms with Gasteiger partial charge in [-0.05, 0) is 30.2 Å². The standard InChI is InChI=1S/C28H27N7O5S/c36-22(29-15-6-16-30-25-19-9-4-5-10-20(19)27(37)34-33-25)12-13-23-31-26(35-40-23)21-11-14-24(41-21)32-28(38)39-17-18-7-2-1-3-8-18/h1-5,7-11,14H,6,12-13,15-17H2,(H,29,36)(H,30,33)(H,32,38)(H,34,37). The predicted octanol–water partition coefficient (Wildman–Crippen LogP) is 4.33. The summed E-state index contributed by atoms with van der Waals surface area (Å²) >= 11 is 1.28. The molecule has 0 atom stereocenters. The van der Waals surface area contributed by atoms with Crippen LogP contribution < -0.4 is 21.5 Å². The molecule has 0 radical (unpaired) electrons. The maximum Gasteiger partial charge on any atom is 0.412 e. The monoisotopic (exact) mass is 573 g/mol. The summed E-state index contributed by atoms with van der Waals surface area (Å²) in [5.41, 5.74) is 0.661. The molecule has 0 fully saturated rings. The summed E-state index contributed by atoms with van der Waals surface area (Å²) in [5.74, 6) is 1.19. The van der Waals surface area contributed by atoms with Crippen molar-refractivity contribution in [3.05, 3.63) is 88.5 Å². The van der Waals surface area contributed by atoms with Crippen LogP contribution in [0.25, 0.3) is 21.5 Å². The van der Waals surface area contributed by atoms with Crippen LogP contribution in [0.2, 0.25) is 0 Å². The van der Waals surface area contributed by atoms with E-state index in [2.05, 4.69) is 36.3 Å². The molecule has 0 spiro atoms. The fourth-order valence-electron chi connectivity index (χ4n) is 3.92. The lowest BCUT2D eigenvalue weighted by atomic mass is 10.2. The van der Waals surface area contributed by atoms with Gasteiger partial charge < -0.3 is 19.9 Å². The molecular weight excluding hydrogens is 546 g/mol. The first kappa shape index (κ1) is 27.5. The Morgan fingerprint density at radius 3 is 2.63 bits per heavy atom. The minimum atomic E-state index is -0.556. The Balaban J connectivity index is 1.01. The molecule has 4 N–H and O–H groups in total. The number of aromatic amines is 1. The van der Waals surface area contributed by atoms with Gasteiger partial charge in [0.15, 0.2) is 5.82 Å². The number of thiophene rings is 1. The van der Waals surface area contributed by atoms with Gasteiger partial charge in [-0.25, -0.2) is 9.89 Å². The predicted molar refractivity (Wildman–Crippen MR) is 155 cm³/mol. The summed E-state index contributed by atoms with van der Waals surface area (Å²) in [6.07, 6.45) is 0.609. The molecule has 2 aromatic carbocycles. The van der Waals surface area contributed by atoms with Crippen molar-refractivity contribution in [2.24, 2.45) is 0 Å². The molecular formula is C28H27N7O5S. The zero-order chi connectivity index (χ0) is 28.4. The number of aromatic nitrogens is 4. The molecule has 5 rings (SSSR count). The fraction of sp³-hybridized carbons (Fsp3) is 0.214. The average molecular weight is 574 g/mol. The van der Waals surface area contributed by atoms with Gasteiger partial charge in [-0.3, -0.25) is 14.9 Å². The number of nitrogens with zero attached hydrogens (tertiary/aromatic N) is 3. The first-order valence-electron chi connectivity index (χ1n) is 12.9. The third-order valence-corrected chi connectivity index (χ3v) is 6.96. The number of carbonyl (C=O) groups excluding carboxylic acids is 2. The molecule has 13 heteroatoms. The van der Waals surface area contributed by atoms with Crippen molar-refractivity contribution >= 4 is 44.9 Å². The summed E-state index contributed by atoms with van der Waals surface area (Å²) in [7, 11) is 0. The quantitative estimate of drug-likeness (QED) is 0.159. The lowest BCUT2D eigenvalue weighted by Crippen LogP contribution is -2.26. The van der Waals surface area contributed by atoms with Crippen molar-refractivity contribution in [2.75, 3.05) is 23.7 Å². The minimum Gasteiger partial charge on any atom is -0.444 e. The summed E-state index contributed by atoms with van der Waals surface area (Å²) in [6, 6.07) is 20.2. The molecule has 0 aliphatic heterocycles. The van der Waals surface area contributed by atoms with E-state index in [1.54, 1.807) is 24.3 Å². The molecule has 3 aromatic heterocycles. The number of ether oxygens (including phenoxy) is 1. The highest BCUT2D eigenvalue weighted by atomic mass is 32.1. The summed E-state index contributed by atoms with van der Waals surface area (Å²) in [5, 5.41) is 21.2. The third kappa shape index (κ3) is 7.54. The molecule has 5 aromatic rings. The molecule has 41 heavy (non-hydrogen) atoms. The number of anilines is 2. The Morgan fingerprint density at radius 1 is 0.976 bits per heavy atom. The lowest BCUT2D eigenvalue weighted by molar-refractivity contribution is -0.121. The van der Waals surface area contributed by atoms with E-state index in [0.29, 0.717) is 58.7 Å². The number of benzene rings is 2. The van der Waals surface area contributed by atoms with Crippen LogP contribution in [-0.4, -0.2) is 45.4 Å². The van der Waals surface area contributed by atoms with E-state index in [4.69, 9.17) is 9.26 Å². The van der Waals surface area contributed by atoms with Crippen molar-refractivity contribution < 1.29 is 18.8 Å². The van der Waals surface area contributed by atoms with E-state index in [1.165, 1.54) is 11.3 Å². The molecule has 0 aliphatic rings. The van der Waals surface area contributed by atoms with E-state index in [-0.39, 0.29) is 24.5 Å². The van der Waals surface area contributed by atoms with E-state index in [1.807, 2.05) is 42.5 Å². The number of nitrogens with one attached hydrogen (secondary N) is 4. The normalized spacial score (nSPS) is 10.8. The molecule has 0 saturated heterocycles. The van der Waals surface area contributed by atoms with Crippen molar-refractivity contribution in [1.82, 2.24) is 25.7 Å². The Labute approximate surface area is 238 Å². The number of H-pyrrole nitrogens is 1. The van der Waals surface area contributed by atoms with Gasteiger partial charge in [0.2, 0.25) is 17.6 Å². The van der Waals surface area contributed by atoms with Crippen LogP contribution in [0.5, 0.6) is 0 Å². The van der Waals surface area contributed by atoms with Gasteiger partial charge in [-0.1, -0.05) is 53.7 Å². The van der Waals surface area contributed by atoms with E-state index >= 15 is 0 Å². The van der Waals surface area contributed by atoms with Gasteiger partial charge in [0.1, 0.15) is 6.61 Å². The Hall–Kier alpha value is -5.04. The Morgan fingerprint density at radius 2 is 1.78 bits per heavy atom. The molecule has 210 valence electrons. The zero-order valence-corrected chi connectivity index (χ0v) is 22.7. The second kappa shape index (κ2) is 13.3. The second-order valence-electron chi connectivity index (χ2n) is 8.94. The molecule has 0 bridgehead atoms. The van der Waals surface area contributed by atoms with Gasteiger partial charge in [-0.2, -0.15) is 10.1 Å². The molecule has 0 aliphatic carbocycles. The van der Waals surface area contributed by atoms with Gasteiger partial charge in [-0.15, -0.1) is 11.3 Å². The van der Waals surface area contributed by atoms with Crippen LogP contribution in [0.15, 0.2) is 76.0 Å². The number of hydrogen-bond donors (Lipinski definition) is 4. The molecule has 12 nitrogen and oxygen atoms in total. The van der Waals surface area contributed by atoms with Gasteiger partial charge >= 0.3 is 6.09 Å². The van der Waals surface area contributed by atoms with E-state index < -0.39 is 6.09 Å². The highest BCUT2D eigenvalue weighted by molar-refractivity contribution is 7.19. The van der Waals surface area contributed by atoms with Crippen LogP contribution in [-0.2, 0) is 22.6 Å². The van der Waals surface area contributed by atoms with Crippen molar-refractivity contribution in [1.29, 1.82) is 0 Å². The van der Waals surface area contributed by atoms with Crippen molar-refractivity contribution in [3.8, 4) is 10.7 Å². The lowest BCUT2D eigenvalue weighted by Gasteiger charge is -2.08. The van der Waals surface area contributed by atoms with Gasteiger partial charge in [0.05, 0.1) is 15.3 Å². The summed E-state index contributed by atoms with van der Waals surface area (Å²) in [4.78, 5) is 41.3. The highest BCUT2D eigenvalue weighted by Gasteiger charge is 2.14. The van der Waals surface area contributed by atoms with Crippen LogP contribution in [0.1, 0.15) is 24.3 Å². The SMILES string of the molecule is O=C(CCc1nc(-c2ccc(NC(=O)OCc3ccccc3)s2)no1)NCCCNc1n[nH]c(=O)c2ccccc12. The van der Waals surface area contributed by atoms with Crippen LogP contribution in [0.3, 0.4) is 0 Å². The van der Waals surface area contributed by atoms with Gasteiger partial charge in [0, 0.05) is 31.3 Å². The first-order chi connectivity index (χ1) is 20.0. The number of rotatable bonds is 12. The third-order valence-electron chi connectivity index (χ3n) is 5.96. The molecule has 3 heterocycles. The van der Waals surface area contributed by atoms with E-state index in [0.717, 1.165) is 10.9 Å². The summed E-state index contributed by atoms with van der Waals surface area (Å²) in [6.45, 7) is 1.22. The van der Waals surface area contributed by atoms with Crippen LogP contribution >= 0.6 is 11.3 Å². The summed E-state index contributed by atoms with van der Waals surface area (Å²) < 4.78 is 10.5. The topological polar surface area (TPSA) is 164 Å². The smallest absolute Gasteiger partial charge is 0.412 e. The number of fused-ring (bicyclic) bond motifs is 1. The van der Waals surface area contributed by atoms with Gasteiger partial charge in [0.25, 0.3) is 5.56 Å². The number of carbonyl (C=O) groups is 2. The largest absolute Gasteiger partial charge is 0.444 e. The fourth-order valence-corrected chi connectivity index (χ4v) is 4.74. The van der Waals surface area contributed by atoms with E-state index in [9.17, 15) is 14.4 Å². The minimum absolute atomic E-state index is 0.131. The molecule has 0 saturated carbocycles. The Kier molecular flexibility index (Phi) is 8.96. The molecule has 2 amide bonds. The van der Waals surface area contributed by atoms with Crippen LogP contribution in [0, 0.1) is 0 Å². The first-order valence-corrected chi connectivity index (χ1v) is 13.8. The Bertz CT molecular complexity index is 1680. The number of amides is 2. The number of hydrogen-bond acceptors (Lipinski definition) is 10. The van der Waals surface area contributed by atoms with Crippen molar-refractivity contribution in [3.63, 3.8) is 0 Å². The zero-order valence-electron chi connectivity index (χ0n) is 21.9.